The summed E-state index contributed by atoms with van der Waals surface area (Å²) >= 11 is 3.43. The summed E-state index contributed by atoms with van der Waals surface area (Å²) in [6.07, 6.45) is 0. The number of thioether (sulfide) groups is 2. The van der Waals surface area contributed by atoms with Crippen molar-refractivity contribution in [2.24, 2.45) is 0 Å². The van der Waals surface area contributed by atoms with E-state index in [0.717, 1.165) is 21.3 Å². The molecular formula is C24H22O4S2. The van der Waals surface area contributed by atoms with E-state index in [9.17, 15) is 9.59 Å². The number of carbonyl (C=O) groups excluding carboxylic acids is 2. The Bertz CT molecular complexity index is 899. The summed E-state index contributed by atoms with van der Waals surface area (Å²) in [6.45, 7) is 4.16. The van der Waals surface area contributed by atoms with Gasteiger partial charge < -0.3 is 9.47 Å². The van der Waals surface area contributed by atoms with Crippen molar-refractivity contribution in [1.82, 2.24) is 0 Å². The summed E-state index contributed by atoms with van der Waals surface area (Å²) in [5.74, 6) is 1.85. The van der Waals surface area contributed by atoms with Crippen molar-refractivity contribution in [1.29, 1.82) is 0 Å². The highest BCUT2D eigenvalue weighted by Crippen LogP contribution is 2.22. The monoisotopic (exact) mass is 438 g/mol. The molecule has 0 amide bonds. The maximum atomic E-state index is 12.3. The van der Waals surface area contributed by atoms with Crippen LogP contribution in [0.25, 0.3) is 0 Å². The first-order valence-corrected chi connectivity index (χ1v) is 11.6. The topological polar surface area (TPSA) is 52.6 Å². The number of hydrogen-bond donors (Lipinski definition) is 0. The van der Waals surface area contributed by atoms with Gasteiger partial charge in [0.2, 0.25) is 0 Å². The smallest absolute Gasteiger partial charge is 0.343 e. The highest BCUT2D eigenvalue weighted by molar-refractivity contribution is 7.99. The molecule has 0 saturated carbocycles. The van der Waals surface area contributed by atoms with Crippen LogP contribution in [0, 0.1) is 0 Å². The number of benzene rings is 3. The molecule has 0 aromatic heterocycles. The van der Waals surface area contributed by atoms with Crippen LogP contribution >= 0.6 is 23.5 Å². The lowest BCUT2D eigenvalue weighted by molar-refractivity contribution is 0.0719. The van der Waals surface area contributed by atoms with Gasteiger partial charge in [0.15, 0.2) is 0 Å². The lowest BCUT2D eigenvalue weighted by Crippen LogP contribution is -2.09. The summed E-state index contributed by atoms with van der Waals surface area (Å²) in [7, 11) is 0. The van der Waals surface area contributed by atoms with Crippen molar-refractivity contribution in [3.05, 3.63) is 83.9 Å². The Labute approximate surface area is 185 Å². The van der Waals surface area contributed by atoms with Crippen LogP contribution in [0.4, 0.5) is 0 Å². The Kier molecular flexibility index (Phi) is 7.99. The van der Waals surface area contributed by atoms with E-state index in [1.54, 1.807) is 72.1 Å². The lowest BCUT2D eigenvalue weighted by atomic mass is 10.2. The van der Waals surface area contributed by atoms with Gasteiger partial charge in [0.25, 0.3) is 0 Å². The molecule has 0 aliphatic heterocycles. The minimum Gasteiger partial charge on any atom is -0.423 e. The molecule has 0 N–H and O–H groups in total. The molecule has 3 aromatic carbocycles. The molecule has 0 unspecified atom stereocenters. The van der Waals surface area contributed by atoms with Crippen LogP contribution in [-0.4, -0.2) is 23.4 Å². The molecule has 0 spiro atoms. The van der Waals surface area contributed by atoms with Gasteiger partial charge in [-0.05, 0) is 84.3 Å². The fourth-order valence-electron chi connectivity index (χ4n) is 2.62. The Morgan fingerprint density at radius 2 is 0.933 bits per heavy atom. The fourth-order valence-corrected chi connectivity index (χ4v) is 3.94. The van der Waals surface area contributed by atoms with Crippen molar-refractivity contribution >= 4 is 35.5 Å². The summed E-state index contributed by atoms with van der Waals surface area (Å²) < 4.78 is 10.8. The van der Waals surface area contributed by atoms with Crippen LogP contribution in [-0.2, 0) is 0 Å². The van der Waals surface area contributed by atoms with E-state index in [0.29, 0.717) is 22.6 Å². The maximum absolute atomic E-state index is 12.3. The van der Waals surface area contributed by atoms with Gasteiger partial charge in [-0.15, -0.1) is 23.5 Å². The van der Waals surface area contributed by atoms with Crippen LogP contribution in [0.2, 0.25) is 0 Å². The second-order valence-corrected chi connectivity index (χ2v) is 8.84. The van der Waals surface area contributed by atoms with Crippen molar-refractivity contribution in [3.63, 3.8) is 0 Å². The molecule has 6 heteroatoms. The van der Waals surface area contributed by atoms with Gasteiger partial charge in [0.05, 0.1) is 11.1 Å². The van der Waals surface area contributed by atoms with Gasteiger partial charge >= 0.3 is 11.9 Å². The molecule has 0 saturated heterocycles. The largest absolute Gasteiger partial charge is 0.423 e. The van der Waals surface area contributed by atoms with Crippen LogP contribution in [0.3, 0.4) is 0 Å². The maximum Gasteiger partial charge on any atom is 0.343 e. The quantitative estimate of drug-likeness (QED) is 0.232. The zero-order valence-electron chi connectivity index (χ0n) is 16.8. The SMILES string of the molecule is CCSc1ccc(C(=O)Oc2ccc(OC(=O)c3ccc(SCC)cc3)cc2)cc1. The highest BCUT2D eigenvalue weighted by atomic mass is 32.2. The van der Waals surface area contributed by atoms with Crippen LogP contribution in [0.1, 0.15) is 34.6 Å². The zero-order valence-corrected chi connectivity index (χ0v) is 18.4. The third-order valence-corrected chi connectivity index (χ3v) is 5.84. The van der Waals surface area contributed by atoms with Crippen LogP contribution < -0.4 is 9.47 Å². The van der Waals surface area contributed by atoms with Gasteiger partial charge in [-0.1, -0.05) is 13.8 Å². The third kappa shape index (κ3) is 6.15. The van der Waals surface area contributed by atoms with Gasteiger partial charge in [-0.2, -0.15) is 0 Å². The molecular weight excluding hydrogens is 416 g/mol. The van der Waals surface area contributed by atoms with Crippen LogP contribution in [0.5, 0.6) is 11.5 Å². The van der Waals surface area contributed by atoms with Crippen molar-refractivity contribution < 1.29 is 19.1 Å². The Balaban J connectivity index is 1.57. The second kappa shape index (κ2) is 10.9. The molecule has 0 atom stereocenters. The summed E-state index contributed by atoms with van der Waals surface area (Å²) in [5, 5.41) is 0. The molecule has 30 heavy (non-hydrogen) atoms. The van der Waals surface area contributed by atoms with Gasteiger partial charge in [0.1, 0.15) is 11.5 Å². The molecule has 0 radical (unpaired) electrons. The predicted octanol–water partition coefficient (Wildman–Crippen LogP) is 6.35. The Morgan fingerprint density at radius 3 is 1.23 bits per heavy atom. The van der Waals surface area contributed by atoms with E-state index < -0.39 is 11.9 Å². The van der Waals surface area contributed by atoms with Crippen molar-refractivity contribution in [3.8, 4) is 11.5 Å². The minimum atomic E-state index is -0.433. The first kappa shape index (κ1) is 22.0. The first-order chi connectivity index (χ1) is 14.6. The summed E-state index contributed by atoms with van der Waals surface area (Å²) in [5.41, 5.74) is 0.964. The zero-order chi connectivity index (χ0) is 21.3. The van der Waals surface area contributed by atoms with E-state index >= 15 is 0 Å². The number of ether oxygens (including phenoxy) is 2. The van der Waals surface area contributed by atoms with E-state index in [2.05, 4.69) is 13.8 Å². The standard InChI is InChI=1S/C24H22O4S2/c1-3-29-21-13-5-17(6-14-21)23(25)27-19-9-11-20(12-10-19)28-24(26)18-7-15-22(16-8-18)30-4-2/h5-16H,3-4H2,1-2H3. The molecule has 3 aromatic rings. The van der Waals surface area contributed by atoms with Crippen molar-refractivity contribution in [2.45, 2.75) is 23.6 Å². The Morgan fingerprint density at radius 1 is 0.600 bits per heavy atom. The molecule has 4 nitrogen and oxygen atoms in total. The van der Waals surface area contributed by atoms with Gasteiger partial charge in [-0.3, -0.25) is 0 Å². The summed E-state index contributed by atoms with van der Waals surface area (Å²) in [4.78, 5) is 26.8. The molecule has 0 bridgehead atoms. The molecule has 0 heterocycles. The van der Waals surface area contributed by atoms with E-state index in [1.807, 2.05) is 24.3 Å². The molecule has 3 rings (SSSR count). The first-order valence-electron chi connectivity index (χ1n) is 9.59. The molecule has 0 aliphatic carbocycles. The lowest BCUT2D eigenvalue weighted by Gasteiger charge is -2.08. The number of carbonyl (C=O) groups is 2. The minimum absolute atomic E-state index is 0.382. The second-order valence-electron chi connectivity index (χ2n) is 6.17. The number of rotatable bonds is 8. The van der Waals surface area contributed by atoms with Crippen molar-refractivity contribution in [2.75, 3.05) is 11.5 Å². The molecule has 0 fully saturated rings. The van der Waals surface area contributed by atoms with Gasteiger partial charge in [0, 0.05) is 9.79 Å². The average molecular weight is 439 g/mol. The molecule has 154 valence electrons. The average Bonchev–Trinajstić information content (AvgIpc) is 2.76. The predicted molar refractivity (Wildman–Crippen MR) is 122 cm³/mol. The van der Waals surface area contributed by atoms with E-state index in [-0.39, 0.29) is 0 Å². The molecule has 0 aliphatic rings. The van der Waals surface area contributed by atoms with E-state index in [1.165, 1.54) is 0 Å². The summed E-state index contributed by atoms with van der Waals surface area (Å²) in [6, 6.07) is 21.0. The fraction of sp³-hybridized carbons (Fsp3) is 0.167. The number of hydrogen-bond acceptors (Lipinski definition) is 6. The number of esters is 2. The van der Waals surface area contributed by atoms with Crippen LogP contribution in [0.15, 0.2) is 82.6 Å². The van der Waals surface area contributed by atoms with Gasteiger partial charge in [-0.25, -0.2) is 9.59 Å². The normalized spacial score (nSPS) is 10.5. The van der Waals surface area contributed by atoms with E-state index in [4.69, 9.17) is 9.47 Å². The highest BCUT2D eigenvalue weighted by Gasteiger charge is 2.11. The Hall–Kier alpha value is -2.70. The third-order valence-electron chi connectivity index (χ3n) is 4.05.